The third-order valence-electron chi connectivity index (χ3n) is 4.15. The lowest BCUT2D eigenvalue weighted by Gasteiger charge is -2.25. The fraction of sp³-hybridized carbons (Fsp3) is 0.375. The van der Waals surface area contributed by atoms with Crippen LogP contribution in [0.15, 0.2) is 42.0 Å². The van der Waals surface area contributed by atoms with Crippen molar-refractivity contribution < 1.29 is 9.59 Å². The first kappa shape index (κ1) is 12.2. The summed E-state index contributed by atoms with van der Waals surface area (Å²) in [5, 5.41) is 0. The number of benzene rings is 1. The fourth-order valence-electron chi connectivity index (χ4n) is 3.35. The maximum absolute atomic E-state index is 12.5. The van der Waals surface area contributed by atoms with E-state index in [-0.39, 0.29) is 29.6 Å². The van der Waals surface area contributed by atoms with Crippen molar-refractivity contribution >= 4 is 17.5 Å². The van der Waals surface area contributed by atoms with Gasteiger partial charge in [-0.3, -0.25) is 14.5 Å². The molecule has 1 aromatic rings. The van der Waals surface area contributed by atoms with Crippen molar-refractivity contribution in [3.05, 3.63) is 42.0 Å². The molecule has 1 saturated heterocycles. The molecule has 0 bridgehead atoms. The zero-order chi connectivity index (χ0) is 13.6. The molecule has 0 spiro atoms. The molecule has 98 valence electrons. The Labute approximate surface area is 112 Å². The van der Waals surface area contributed by atoms with Crippen LogP contribution in [0.25, 0.3) is 0 Å². The summed E-state index contributed by atoms with van der Waals surface area (Å²) in [5.41, 5.74) is 1.90. The first-order valence-electron chi connectivity index (χ1n) is 6.69. The van der Waals surface area contributed by atoms with E-state index in [2.05, 4.69) is 6.08 Å². The maximum Gasteiger partial charge on any atom is 0.238 e. The van der Waals surface area contributed by atoms with Crippen LogP contribution in [0.5, 0.6) is 0 Å². The van der Waals surface area contributed by atoms with Crippen molar-refractivity contribution in [1.29, 1.82) is 0 Å². The number of allylic oxidation sites excluding steroid dienone is 2. The molecule has 0 unspecified atom stereocenters. The molecule has 0 N–H and O–H groups in total. The highest BCUT2D eigenvalue weighted by Gasteiger charge is 2.51. The summed E-state index contributed by atoms with van der Waals surface area (Å²) in [5.74, 6) is -0.300. The van der Waals surface area contributed by atoms with Crippen LogP contribution in [-0.4, -0.2) is 11.8 Å². The number of imide groups is 1. The molecule has 3 atom stereocenters. The lowest BCUT2D eigenvalue weighted by molar-refractivity contribution is -0.122. The van der Waals surface area contributed by atoms with Crippen LogP contribution in [0.4, 0.5) is 5.69 Å². The van der Waals surface area contributed by atoms with Crippen LogP contribution in [0.1, 0.15) is 20.3 Å². The predicted molar refractivity (Wildman–Crippen MR) is 73.5 cm³/mol. The molecule has 0 aromatic heterocycles. The van der Waals surface area contributed by atoms with Gasteiger partial charge in [-0.1, -0.05) is 36.8 Å². The van der Waals surface area contributed by atoms with Gasteiger partial charge in [-0.25, -0.2) is 0 Å². The molecule has 3 nitrogen and oxygen atoms in total. The second-order valence-electron chi connectivity index (χ2n) is 5.56. The number of rotatable bonds is 1. The van der Waals surface area contributed by atoms with Gasteiger partial charge in [0.25, 0.3) is 0 Å². The number of nitrogens with zero attached hydrogens (tertiary/aromatic N) is 1. The maximum atomic E-state index is 12.5. The predicted octanol–water partition coefficient (Wildman–Crippen LogP) is 2.78. The molecule has 1 fully saturated rings. The van der Waals surface area contributed by atoms with Gasteiger partial charge < -0.3 is 0 Å². The highest BCUT2D eigenvalue weighted by Crippen LogP contribution is 2.42. The van der Waals surface area contributed by atoms with Gasteiger partial charge in [0.2, 0.25) is 11.8 Å². The van der Waals surface area contributed by atoms with Gasteiger partial charge in [-0.2, -0.15) is 0 Å². The standard InChI is InChI=1S/C16H17NO2/c1-10-8-11(2)14-13(9-10)15(18)17(16(14)19)12-6-4-3-5-7-12/h3-8,11,13-14H,9H2,1-2H3/t11-,13-,14-/m1/s1. The molecule has 3 rings (SSSR count). The van der Waals surface area contributed by atoms with E-state index in [1.54, 1.807) is 0 Å². The topological polar surface area (TPSA) is 37.4 Å². The Morgan fingerprint density at radius 2 is 1.79 bits per heavy atom. The summed E-state index contributed by atoms with van der Waals surface area (Å²) in [6.45, 7) is 4.07. The summed E-state index contributed by atoms with van der Waals surface area (Å²) in [7, 11) is 0. The molecule has 2 amide bonds. The molecular formula is C16H17NO2. The van der Waals surface area contributed by atoms with E-state index in [1.807, 2.05) is 44.2 Å². The number of para-hydroxylation sites is 1. The van der Waals surface area contributed by atoms with E-state index < -0.39 is 0 Å². The number of carbonyl (C=O) groups excluding carboxylic acids is 2. The average Bonchev–Trinajstić information content (AvgIpc) is 2.62. The lowest BCUT2D eigenvalue weighted by atomic mass is 9.76. The Morgan fingerprint density at radius 3 is 2.47 bits per heavy atom. The Kier molecular flexibility index (Phi) is 2.77. The minimum absolute atomic E-state index is 0.0412. The van der Waals surface area contributed by atoms with E-state index in [4.69, 9.17) is 0 Å². The Bertz CT molecular complexity index is 561. The van der Waals surface area contributed by atoms with Crippen LogP contribution < -0.4 is 4.90 Å². The summed E-state index contributed by atoms with van der Waals surface area (Å²) in [6, 6.07) is 9.22. The molecule has 0 radical (unpaired) electrons. The zero-order valence-corrected chi connectivity index (χ0v) is 11.2. The summed E-state index contributed by atoms with van der Waals surface area (Å²) >= 11 is 0. The largest absolute Gasteiger partial charge is 0.274 e. The van der Waals surface area contributed by atoms with Crippen LogP contribution in [0, 0.1) is 17.8 Å². The van der Waals surface area contributed by atoms with Crippen molar-refractivity contribution in [2.75, 3.05) is 4.90 Å². The number of fused-ring (bicyclic) bond motifs is 1. The summed E-state index contributed by atoms with van der Waals surface area (Å²) in [6.07, 6.45) is 2.84. The average molecular weight is 255 g/mol. The monoisotopic (exact) mass is 255 g/mol. The van der Waals surface area contributed by atoms with E-state index in [9.17, 15) is 9.59 Å². The van der Waals surface area contributed by atoms with Gasteiger partial charge in [0.1, 0.15) is 0 Å². The SMILES string of the molecule is CC1=C[C@@H](C)[C@H]2C(=O)N(c3ccccc3)C(=O)[C@@H]2C1. The van der Waals surface area contributed by atoms with E-state index in [0.29, 0.717) is 12.1 Å². The lowest BCUT2D eigenvalue weighted by Crippen LogP contribution is -2.31. The number of hydrogen-bond donors (Lipinski definition) is 0. The van der Waals surface area contributed by atoms with Gasteiger partial charge in [0.15, 0.2) is 0 Å². The van der Waals surface area contributed by atoms with Crippen molar-refractivity contribution in [3.63, 3.8) is 0 Å². The fourth-order valence-corrected chi connectivity index (χ4v) is 3.35. The first-order chi connectivity index (χ1) is 9.09. The molecule has 2 aliphatic rings. The van der Waals surface area contributed by atoms with Gasteiger partial charge in [0.05, 0.1) is 17.5 Å². The third kappa shape index (κ3) is 1.81. The van der Waals surface area contributed by atoms with Crippen molar-refractivity contribution in [1.82, 2.24) is 0 Å². The van der Waals surface area contributed by atoms with Crippen LogP contribution >= 0.6 is 0 Å². The van der Waals surface area contributed by atoms with Gasteiger partial charge in [0, 0.05) is 0 Å². The molecule has 1 aliphatic heterocycles. The van der Waals surface area contributed by atoms with Crippen LogP contribution in [0.2, 0.25) is 0 Å². The molecular weight excluding hydrogens is 238 g/mol. The van der Waals surface area contributed by atoms with E-state index in [0.717, 1.165) is 0 Å². The molecule has 1 heterocycles. The zero-order valence-electron chi connectivity index (χ0n) is 11.2. The number of carbonyl (C=O) groups is 2. The molecule has 0 saturated carbocycles. The molecule has 3 heteroatoms. The highest BCUT2D eigenvalue weighted by atomic mass is 16.2. The highest BCUT2D eigenvalue weighted by molar-refractivity contribution is 6.22. The number of anilines is 1. The van der Waals surface area contributed by atoms with Crippen LogP contribution in [0.3, 0.4) is 0 Å². The number of amides is 2. The summed E-state index contributed by atoms with van der Waals surface area (Å²) < 4.78 is 0. The second-order valence-corrected chi connectivity index (χ2v) is 5.56. The quantitative estimate of drug-likeness (QED) is 0.571. The Hall–Kier alpha value is -1.90. The Morgan fingerprint density at radius 1 is 1.11 bits per heavy atom. The van der Waals surface area contributed by atoms with Gasteiger partial charge in [-0.15, -0.1) is 0 Å². The minimum Gasteiger partial charge on any atom is -0.274 e. The van der Waals surface area contributed by atoms with Gasteiger partial charge in [-0.05, 0) is 31.4 Å². The van der Waals surface area contributed by atoms with Crippen molar-refractivity contribution in [3.8, 4) is 0 Å². The third-order valence-corrected chi connectivity index (χ3v) is 4.15. The smallest absolute Gasteiger partial charge is 0.238 e. The van der Waals surface area contributed by atoms with Crippen molar-refractivity contribution in [2.24, 2.45) is 17.8 Å². The van der Waals surface area contributed by atoms with Crippen LogP contribution in [-0.2, 0) is 9.59 Å². The second kappa shape index (κ2) is 4.34. The van der Waals surface area contributed by atoms with Gasteiger partial charge >= 0.3 is 0 Å². The summed E-state index contributed by atoms with van der Waals surface area (Å²) in [4.78, 5) is 26.4. The van der Waals surface area contributed by atoms with E-state index in [1.165, 1.54) is 10.5 Å². The molecule has 19 heavy (non-hydrogen) atoms. The first-order valence-corrected chi connectivity index (χ1v) is 6.69. The minimum atomic E-state index is -0.184. The Balaban J connectivity index is 2.00. The van der Waals surface area contributed by atoms with E-state index >= 15 is 0 Å². The normalized spacial score (nSPS) is 30.3. The molecule has 1 aromatic carbocycles. The molecule has 1 aliphatic carbocycles. The number of hydrogen-bond acceptors (Lipinski definition) is 2. The van der Waals surface area contributed by atoms with Crippen molar-refractivity contribution in [2.45, 2.75) is 20.3 Å².